The Balaban J connectivity index is 1.56. The predicted octanol–water partition coefficient (Wildman–Crippen LogP) is 5.40. The van der Waals surface area contributed by atoms with Crippen molar-refractivity contribution in [2.45, 2.75) is 69.8 Å². The number of thioether (sulfide) groups is 1. The lowest BCUT2D eigenvalue weighted by Gasteiger charge is -2.22. The van der Waals surface area contributed by atoms with Gasteiger partial charge in [-0.3, -0.25) is 9.59 Å². The third kappa shape index (κ3) is 6.34. The third-order valence-electron chi connectivity index (χ3n) is 7.00. The van der Waals surface area contributed by atoms with Crippen LogP contribution in [0, 0.1) is 23.2 Å². The van der Waals surface area contributed by atoms with E-state index in [4.69, 9.17) is 16.7 Å². The number of aliphatic hydroxyl groups is 2. The lowest BCUT2D eigenvalue weighted by Crippen LogP contribution is -2.31. The minimum atomic E-state index is -0.849. The summed E-state index contributed by atoms with van der Waals surface area (Å²) in [4.78, 5) is 24.7. The van der Waals surface area contributed by atoms with Crippen LogP contribution in [0.4, 0.5) is 0 Å². The number of carboxylic acid groups (broad SMARTS) is 1. The Bertz CT molecular complexity index is 916. The average Bonchev–Trinajstić information content (AvgIpc) is 3.20. The van der Waals surface area contributed by atoms with Gasteiger partial charge in [0, 0.05) is 39.4 Å². The number of fused-ring (bicyclic) bond motifs is 1. The first-order chi connectivity index (χ1) is 16.1. The summed E-state index contributed by atoms with van der Waals surface area (Å²) >= 11 is 8.32. The summed E-state index contributed by atoms with van der Waals surface area (Å²) in [5, 5.41) is 31.3. The molecule has 0 saturated heterocycles. The molecular formula is C27H35ClO5S. The van der Waals surface area contributed by atoms with E-state index < -0.39 is 23.6 Å². The molecule has 3 rings (SSSR count). The number of ketones is 1. The zero-order valence-corrected chi connectivity index (χ0v) is 21.3. The van der Waals surface area contributed by atoms with E-state index in [1.807, 2.05) is 24.3 Å². The van der Waals surface area contributed by atoms with E-state index in [2.05, 4.69) is 12.2 Å². The number of aliphatic hydroxyl groups excluding tert-OH is 2. The van der Waals surface area contributed by atoms with Crippen molar-refractivity contribution in [3.63, 3.8) is 0 Å². The number of rotatable bonds is 11. The summed E-state index contributed by atoms with van der Waals surface area (Å²) in [6, 6.07) is 0. The molecule has 5 nitrogen and oxygen atoms in total. The molecule has 1 saturated carbocycles. The molecular weight excluding hydrogens is 472 g/mol. The highest BCUT2D eigenvalue weighted by atomic mass is 35.5. The number of carbonyl (C=O) groups is 2. The van der Waals surface area contributed by atoms with Gasteiger partial charge in [0.1, 0.15) is 5.78 Å². The summed E-state index contributed by atoms with van der Waals surface area (Å²) in [5.41, 5.74) is -0.849. The van der Waals surface area contributed by atoms with Crippen LogP contribution in [-0.2, 0) is 9.59 Å². The third-order valence-corrected chi connectivity index (χ3v) is 9.03. The highest BCUT2D eigenvalue weighted by molar-refractivity contribution is 8.04. The van der Waals surface area contributed by atoms with E-state index in [1.165, 1.54) is 0 Å². The molecule has 3 N–H and O–H groups in total. The molecule has 3 aliphatic rings. The first-order valence-corrected chi connectivity index (χ1v) is 13.2. The minimum absolute atomic E-state index is 0.0160. The molecule has 1 aliphatic heterocycles. The summed E-state index contributed by atoms with van der Waals surface area (Å²) in [7, 11) is 0. The van der Waals surface area contributed by atoms with Crippen molar-refractivity contribution < 1.29 is 24.9 Å². The zero-order valence-electron chi connectivity index (χ0n) is 19.8. The van der Waals surface area contributed by atoms with Crippen molar-refractivity contribution in [1.29, 1.82) is 0 Å². The molecule has 0 bridgehead atoms. The lowest BCUT2D eigenvalue weighted by atomic mass is 9.86. The van der Waals surface area contributed by atoms with Gasteiger partial charge in [-0.1, -0.05) is 74.1 Å². The highest BCUT2D eigenvalue weighted by Crippen LogP contribution is 2.48. The van der Waals surface area contributed by atoms with Crippen LogP contribution < -0.4 is 0 Å². The van der Waals surface area contributed by atoms with Gasteiger partial charge in [-0.05, 0) is 32.1 Å². The second kappa shape index (κ2) is 11.9. The molecule has 0 aromatic rings. The Kier molecular flexibility index (Phi) is 9.44. The molecule has 186 valence electrons. The van der Waals surface area contributed by atoms with Crippen molar-refractivity contribution in [3.05, 3.63) is 58.5 Å². The van der Waals surface area contributed by atoms with E-state index in [1.54, 1.807) is 37.8 Å². The first-order valence-electron chi connectivity index (χ1n) is 12.0. The number of hydrogen-bond acceptors (Lipinski definition) is 5. The standard InChI is InChI=1S/C27H35ClO5S/c1-27(2)25(32)18(9-5-3-4-6-12-23(30)31)19(26(27)33)15-13-17(29)14-16-22-24(28)20-10-7-8-11-21(20)34-22/h3,5,7-8,10-11,13,15,17-21,26,29,33H,4,6,9,12,14,16H2,1-2H3,(H,30,31)/b5-3-,15-13+/t17-,18+,19+,20?,21?,26-/m0/s1. The second-order valence-electron chi connectivity index (χ2n) is 9.85. The SMILES string of the molecule is CC1(C)C(=O)[C@H](C/C=C\CCCC(=O)O)[C@@H](/C=C/[C@H](O)CCC2=C(Cl)C3C=CC=CC3S2)[C@@H]1O. The van der Waals surface area contributed by atoms with Crippen LogP contribution in [0.5, 0.6) is 0 Å². The van der Waals surface area contributed by atoms with Gasteiger partial charge in [-0.15, -0.1) is 11.8 Å². The number of halogens is 1. The van der Waals surface area contributed by atoms with E-state index in [0.717, 1.165) is 9.94 Å². The lowest BCUT2D eigenvalue weighted by molar-refractivity contribution is -0.137. The van der Waals surface area contributed by atoms with Crippen LogP contribution in [0.15, 0.2) is 58.5 Å². The van der Waals surface area contributed by atoms with Crippen LogP contribution in [0.3, 0.4) is 0 Å². The van der Waals surface area contributed by atoms with E-state index in [-0.39, 0.29) is 30.0 Å². The summed E-state index contributed by atoms with van der Waals surface area (Å²) in [6.45, 7) is 3.53. The number of allylic oxidation sites excluding steroid dienone is 7. The molecule has 2 unspecified atom stereocenters. The molecule has 1 fully saturated rings. The Labute approximate surface area is 211 Å². The number of unbranched alkanes of at least 4 members (excludes halogenated alkanes) is 1. The Morgan fingerprint density at radius 3 is 2.71 bits per heavy atom. The quantitative estimate of drug-likeness (QED) is 0.257. The van der Waals surface area contributed by atoms with Crippen LogP contribution in [0.25, 0.3) is 0 Å². The van der Waals surface area contributed by atoms with Gasteiger partial charge in [-0.25, -0.2) is 0 Å². The second-order valence-corrected chi connectivity index (χ2v) is 11.5. The van der Waals surface area contributed by atoms with E-state index in [0.29, 0.717) is 37.4 Å². The normalized spacial score (nSPS) is 31.2. The van der Waals surface area contributed by atoms with Gasteiger partial charge in [0.15, 0.2) is 0 Å². The number of Topliss-reactive ketones (excluding diaryl/α,β-unsaturated/α-hetero) is 1. The summed E-state index contributed by atoms with van der Waals surface area (Å²) in [5.74, 6) is -1.32. The maximum absolute atomic E-state index is 13.0. The first kappa shape index (κ1) is 27.0. The van der Waals surface area contributed by atoms with Gasteiger partial charge < -0.3 is 15.3 Å². The van der Waals surface area contributed by atoms with Gasteiger partial charge in [0.05, 0.1) is 17.6 Å². The monoisotopic (exact) mass is 506 g/mol. The van der Waals surface area contributed by atoms with Crippen molar-refractivity contribution >= 4 is 35.1 Å². The number of hydrogen-bond donors (Lipinski definition) is 3. The molecule has 0 aromatic carbocycles. The smallest absolute Gasteiger partial charge is 0.303 e. The average molecular weight is 507 g/mol. The molecule has 1 heterocycles. The van der Waals surface area contributed by atoms with E-state index >= 15 is 0 Å². The molecule has 0 radical (unpaired) electrons. The fourth-order valence-electron chi connectivity index (χ4n) is 4.88. The summed E-state index contributed by atoms with van der Waals surface area (Å²) in [6.07, 6.45) is 17.1. The maximum atomic E-state index is 13.0. The molecule has 34 heavy (non-hydrogen) atoms. The molecule has 0 spiro atoms. The van der Waals surface area contributed by atoms with Crippen LogP contribution in [0.1, 0.15) is 52.4 Å². The van der Waals surface area contributed by atoms with Crippen molar-refractivity contribution in [3.8, 4) is 0 Å². The molecule has 2 aliphatic carbocycles. The summed E-state index contributed by atoms with van der Waals surface area (Å²) < 4.78 is 0. The highest BCUT2D eigenvalue weighted by Gasteiger charge is 2.52. The number of aliphatic carboxylic acids is 1. The zero-order chi connectivity index (χ0) is 24.9. The van der Waals surface area contributed by atoms with Crippen LogP contribution >= 0.6 is 23.4 Å². The largest absolute Gasteiger partial charge is 0.481 e. The molecule has 7 heteroatoms. The predicted molar refractivity (Wildman–Crippen MR) is 137 cm³/mol. The molecule has 6 atom stereocenters. The van der Waals surface area contributed by atoms with Crippen molar-refractivity contribution in [2.24, 2.45) is 23.2 Å². The Hall–Kier alpha value is -1.60. The fraction of sp³-hybridized carbons (Fsp3) is 0.556. The van der Waals surface area contributed by atoms with Gasteiger partial charge in [0.25, 0.3) is 0 Å². The van der Waals surface area contributed by atoms with E-state index in [9.17, 15) is 19.8 Å². The minimum Gasteiger partial charge on any atom is -0.481 e. The van der Waals surface area contributed by atoms with Gasteiger partial charge in [-0.2, -0.15) is 0 Å². The van der Waals surface area contributed by atoms with Crippen molar-refractivity contribution in [2.75, 3.05) is 0 Å². The maximum Gasteiger partial charge on any atom is 0.303 e. The molecule has 0 amide bonds. The topological polar surface area (TPSA) is 94.8 Å². The number of carboxylic acids is 1. The fourth-order valence-corrected chi connectivity index (χ4v) is 6.75. The van der Waals surface area contributed by atoms with Crippen molar-refractivity contribution in [1.82, 2.24) is 0 Å². The number of carbonyl (C=O) groups excluding carboxylic acids is 1. The Morgan fingerprint density at radius 2 is 2.00 bits per heavy atom. The molecule has 0 aromatic heterocycles. The van der Waals surface area contributed by atoms with Gasteiger partial charge in [0.2, 0.25) is 0 Å². The van der Waals surface area contributed by atoms with Crippen LogP contribution in [0.2, 0.25) is 0 Å². The Morgan fingerprint density at radius 1 is 1.26 bits per heavy atom. The van der Waals surface area contributed by atoms with Crippen LogP contribution in [-0.4, -0.2) is 44.5 Å². The van der Waals surface area contributed by atoms with Gasteiger partial charge >= 0.3 is 5.97 Å².